The van der Waals surface area contributed by atoms with Crippen LogP contribution in [-0.4, -0.2) is 28.0 Å². The van der Waals surface area contributed by atoms with E-state index in [-0.39, 0.29) is 0 Å². The SMILES string of the molecule is CN1C(=CC2=CC3=CC(=Cc4sc5ccc(S(C)=O)cc5[n+]4C)CCC3CC2)Sc2ccc(S(C)=O)cc21. The van der Waals surface area contributed by atoms with Gasteiger partial charge < -0.3 is 4.90 Å². The summed E-state index contributed by atoms with van der Waals surface area (Å²) in [7, 11) is 2.25. The van der Waals surface area contributed by atoms with Gasteiger partial charge in [0.05, 0.1) is 21.5 Å². The van der Waals surface area contributed by atoms with E-state index in [0.29, 0.717) is 5.92 Å². The van der Waals surface area contributed by atoms with Gasteiger partial charge in [0.1, 0.15) is 11.7 Å². The van der Waals surface area contributed by atoms with Crippen molar-refractivity contribution in [2.24, 2.45) is 13.0 Å². The first-order chi connectivity index (χ1) is 18.3. The van der Waals surface area contributed by atoms with Crippen molar-refractivity contribution in [2.75, 3.05) is 24.5 Å². The highest BCUT2D eigenvalue weighted by Crippen LogP contribution is 2.47. The summed E-state index contributed by atoms with van der Waals surface area (Å²) in [6, 6.07) is 12.3. The van der Waals surface area contributed by atoms with E-state index in [1.54, 1.807) is 35.6 Å². The second-order valence-electron chi connectivity index (χ2n) is 10.2. The van der Waals surface area contributed by atoms with Crippen molar-refractivity contribution in [2.45, 2.75) is 40.4 Å². The maximum atomic E-state index is 12.0. The molecule has 0 fully saturated rings. The maximum absolute atomic E-state index is 12.0. The predicted octanol–water partition coefficient (Wildman–Crippen LogP) is 6.72. The lowest BCUT2D eigenvalue weighted by Crippen LogP contribution is -2.29. The quantitative estimate of drug-likeness (QED) is 0.322. The summed E-state index contributed by atoms with van der Waals surface area (Å²) in [6.45, 7) is 0. The Hall–Kier alpha value is -2.26. The highest BCUT2D eigenvalue weighted by Gasteiger charge is 2.26. The van der Waals surface area contributed by atoms with Crippen LogP contribution in [0.1, 0.15) is 30.7 Å². The smallest absolute Gasteiger partial charge is 0.262 e. The van der Waals surface area contributed by atoms with E-state index >= 15 is 0 Å². The minimum atomic E-state index is -0.979. The van der Waals surface area contributed by atoms with Gasteiger partial charge in [0, 0.05) is 57.2 Å². The number of hydrogen-bond acceptors (Lipinski definition) is 5. The van der Waals surface area contributed by atoms with Crippen LogP contribution in [-0.2, 0) is 28.6 Å². The highest BCUT2D eigenvalue weighted by molar-refractivity contribution is 8.03. The van der Waals surface area contributed by atoms with Gasteiger partial charge in [0.15, 0.2) is 0 Å². The molecular weight excluding hydrogens is 549 g/mol. The molecule has 1 aliphatic heterocycles. The molecule has 38 heavy (non-hydrogen) atoms. The molecular formula is C30H31N2O2S4+. The van der Waals surface area contributed by atoms with E-state index < -0.39 is 21.6 Å². The molecule has 6 rings (SSSR count). The number of rotatable bonds is 4. The van der Waals surface area contributed by atoms with Crippen molar-refractivity contribution in [3.63, 3.8) is 0 Å². The van der Waals surface area contributed by atoms with Crippen molar-refractivity contribution in [1.82, 2.24) is 0 Å². The molecule has 3 aliphatic rings. The van der Waals surface area contributed by atoms with Gasteiger partial charge in [0.25, 0.3) is 5.01 Å². The Balaban J connectivity index is 1.28. The monoisotopic (exact) mass is 579 g/mol. The minimum Gasteiger partial charge on any atom is -0.338 e. The van der Waals surface area contributed by atoms with Crippen molar-refractivity contribution >= 4 is 66.7 Å². The molecule has 0 radical (unpaired) electrons. The topological polar surface area (TPSA) is 41.3 Å². The van der Waals surface area contributed by atoms with Crippen LogP contribution in [0.2, 0.25) is 0 Å². The first kappa shape index (κ1) is 26.0. The molecule has 3 unspecified atom stereocenters. The molecule has 196 valence electrons. The van der Waals surface area contributed by atoms with Crippen molar-refractivity contribution < 1.29 is 13.0 Å². The third-order valence-corrected chi connectivity index (χ3v) is 11.9. The van der Waals surface area contributed by atoms with Crippen LogP contribution in [0, 0.1) is 5.92 Å². The van der Waals surface area contributed by atoms with Crippen LogP contribution in [0.3, 0.4) is 0 Å². The van der Waals surface area contributed by atoms with Crippen LogP contribution >= 0.6 is 23.1 Å². The summed E-state index contributed by atoms with van der Waals surface area (Å²) in [5.41, 5.74) is 6.47. The number of fused-ring (bicyclic) bond motifs is 3. The fourth-order valence-electron chi connectivity index (χ4n) is 5.46. The summed E-state index contributed by atoms with van der Waals surface area (Å²) < 4.78 is 27.4. The van der Waals surface area contributed by atoms with Crippen molar-refractivity contribution in [3.05, 3.63) is 81.4 Å². The average Bonchev–Trinajstić information content (AvgIpc) is 3.38. The second kappa shape index (κ2) is 10.4. The lowest BCUT2D eigenvalue weighted by Gasteiger charge is -2.28. The van der Waals surface area contributed by atoms with Gasteiger partial charge in [-0.1, -0.05) is 35.3 Å². The molecule has 0 saturated carbocycles. The normalized spacial score (nSPS) is 22.8. The standard InChI is InChI=1S/C30H31N2O2S4/c1-31-25-17-23(37(3)33)9-11-27(25)35-29(31)15-19-5-7-21-8-6-20(14-22(21)13-19)16-30-32(2)26-18-24(38(4)34)10-12-28(26)36-30/h9-18,21H,5-8H2,1-4H3/q+1. The lowest BCUT2D eigenvalue weighted by atomic mass is 9.77. The van der Waals surface area contributed by atoms with E-state index in [1.807, 2.05) is 12.1 Å². The van der Waals surface area contributed by atoms with Gasteiger partial charge >= 0.3 is 0 Å². The predicted molar refractivity (Wildman–Crippen MR) is 163 cm³/mol. The Morgan fingerprint density at radius 3 is 2.50 bits per heavy atom. The number of aromatic nitrogens is 1. The Morgan fingerprint density at radius 2 is 1.71 bits per heavy atom. The van der Waals surface area contributed by atoms with Crippen LogP contribution in [0.4, 0.5) is 5.69 Å². The molecule has 3 aromatic rings. The van der Waals surface area contributed by atoms with E-state index in [0.717, 1.165) is 33.8 Å². The largest absolute Gasteiger partial charge is 0.338 e. The number of benzene rings is 2. The summed E-state index contributed by atoms with van der Waals surface area (Å²) in [5, 5.41) is 2.45. The van der Waals surface area contributed by atoms with Gasteiger partial charge in [-0.15, -0.1) is 0 Å². The van der Waals surface area contributed by atoms with Gasteiger partial charge in [-0.2, -0.15) is 4.57 Å². The fraction of sp³-hybridized carbons (Fsp3) is 0.300. The molecule has 3 atom stereocenters. The van der Waals surface area contributed by atoms with E-state index in [2.05, 4.69) is 72.1 Å². The number of nitrogens with zero attached hydrogens (tertiary/aromatic N) is 2. The van der Waals surface area contributed by atoms with Gasteiger partial charge in [-0.05, 0) is 84.7 Å². The van der Waals surface area contributed by atoms with Crippen LogP contribution in [0.15, 0.2) is 91.1 Å². The summed E-state index contributed by atoms with van der Waals surface area (Å²) in [4.78, 5) is 5.19. The number of aryl methyl sites for hydroxylation is 1. The zero-order chi connectivity index (χ0) is 26.6. The molecule has 0 amide bonds. The molecule has 0 N–H and O–H groups in total. The number of thioether (sulfide) groups is 1. The lowest BCUT2D eigenvalue weighted by molar-refractivity contribution is -0.642. The summed E-state index contributed by atoms with van der Waals surface area (Å²) in [5.74, 6) is 0.640. The number of hydrogen-bond donors (Lipinski definition) is 0. The van der Waals surface area contributed by atoms with E-state index in [1.165, 1.54) is 49.2 Å². The number of anilines is 1. The van der Waals surface area contributed by atoms with E-state index in [4.69, 9.17) is 0 Å². The molecule has 8 heteroatoms. The molecule has 0 saturated heterocycles. The molecule has 2 aliphatic carbocycles. The third-order valence-electron chi connectivity index (χ3n) is 7.69. The Kier molecular flexibility index (Phi) is 7.10. The van der Waals surface area contributed by atoms with E-state index in [9.17, 15) is 8.42 Å². The Bertz CT molecular complexity index is 1640. The first-order valence-electron chi connectivity index (χ1n) is 12.8. The Labute approximate surface area is 237 Å². The molecule has 0 bridgehead atoms. The Morgan fingerprint density at radius 1 is 0.974 bits per heavy atom. The maximum Gasteiger partial charge on any atom is 0.262 e. The minimum absolute atomic E-state index is 0.640. The van der Waals surface area contributed by atoms with Gasteiger partial charge in [-0.25, -0.2) is 0 Å². The van der Waals surface area contributed by atoms with Crippen molar-refractivity contribution in [1.29, 1.82) is 0 Å². The fourth-order valence-corrected chi connectivity index (χ4v) is 8.74. The third kappa shape index (κ3) is 4.92. The van der Waals surface area contributed by atoms with Crippen molar-refractivity contribution in [3.8, 4) is 0 Å². The number of thiazole rings is 1. The second-order valence-corrected chi connectivity index (χ2v) is 15.1. The van der Waals surface area contributed by atoms with Crippen LogP contribution in [0.25, 0.3) is 16.3 Å². The zero-order valence-corrected chi connectivity index (χ0v) is 25.3. The molecule has 2 aromatic carbocycles. The molecule has 4 nitrogen and oxygen atoms in total. The first-order valence-corrected chi connectivity index (χ1v) is 17.5. The molecule has 2 heterocycles. The zero-order valence-electron chi connectivity index (χ0n) is 22.0. The number of allylic oxidation sites excluding steroid dienone is 6. The highest BCUT2D eigenvalue weighted by atomic mass is 32.2. The van der Waals surface area contributed by atoms with Gasteiger partial charge in [0.2, 0.25) is 5.52 Å². The average molecular weight is 580 g/mol. The summed E-state index contributed by atoms with van der Waals surface area (Å²) >= 11 is 3.58. The molecule has 1 aromatic heterocycles. The van der Waals surface area contributed by atoms with Crippen LogP contribution < -0.4 is 9.47 Å². The molecule has 0 spiro atoms. The van der Waals surface area contributed by atoms with Gasteiger partial charge in [-0.3, -0.25) is 8.42 Å². The van der Waals surface area contributed by atoms with Crippen LogP contribution in [0.5, 0.6) is 0 Å². The summed E-state index contributed by atoms with van der Waals surface area (Å²) in [6.07, 6.45) is 17.6.